The molecule has 1 saturated carbocycles. The van der Waals surface area contributed by atoms with Crippen LogP contribution >= 0.6 is 11.3 Å². The Bertz CT molecular complexity index is 1680. The Labute approximate surface area is 262 Å². The van der Waals surface area contributed by atoms with E-state index in [1.165, 1.54) is 32.1 Å². The zero-order valence-electron chi connectivity index (χ0n) is 25.0. The van der Waals surface area contributed by atoms with E-state index < -0.39 is 43.8 Å². The van der Waals surface area contributed by atoms with Gasteiger partial charge in [-0.15, -0.1) is 11.3 Å². The summed E-state index contributed by atoms with van der Waals surface area (Å²) in [5, 5.41) is 0.319. The molecule has 244 valence electrons. The molecule has 1 fully saturated rings. The van der Waals surface area contributed by atoms with E-state index in [0.717, 1.165) is 23.5 Å². The van der Waals surface area contributed by atoms with Gasteiger partial charge >= 0.3 is 6.18 Å². The number of halogens is 4. The number of alkyl halides is 3. The minimum absolute atomic E-state index is 0.0301. The molecule has 4 rings (SSSR count). The number of rotatable bonds is 12. The van der Waals surface area contributed by atoms with Gasteiger partial charge in [0.15, 0.2) is 0 Å². The van der Waals surface area contributed by atoms with Crippen LogP contribution in [-0.2, 0) is 39.4 Å². The van der Waals surface area contributed by atoms with E-state index in [4.69, 9.17) is 10.5 Å². The quantitative estimate of drug-likeness (QED) is 0.269. The molecule has 1 aliphatic carbocycles. The Morgan fingerprint density at radius 1 is 1.18 bits per heavy atom. The molecule has 10 nitrogen and oxygen atoms in total. The van der Waals surface area contributed by atoms with Crippen LogP contribution in [0.3, 0.4) is 0 Å². The molecular weight excluding hydrogens is 638 g/mol. The van der Waals surface area contributed by atoms with Crippen LogP contribution in [0.2, 0.25) is 0 Å². The van der Waals surface area contributed by atoms with E-state index in [-0.39, 0.29) is 43.1 Å². The van der Waals surface area contributed by atoms with Crippen molar-refractivity contribution < 1.29 is 40.3 Å². The molecule has 3 aromatic rings. The molecule has 2 aromatic heterocycles. The predicted octanol–water partition coefficient (Wildman–Crippen LogP) is 4.46. The van der Waals surface area contributed by atoms with Gasteiger partial charge in [-0.1, -0.05) is 0 Å². The molecule has 0 atom stereocenters. The third-order valence-electron chi connectivity index (χ3n) is 7.46. The first-order valence-corrected chi connectivity index (χ1v) is 16.2. The van der Waals surface area contributed by atoms with Crippen molar-refractivity contribution in [1.82, 2.24) is 19.6 Å². The van der Waals surface area contributed by atoms with E-state index in [1.54, 1.807) is 19.1 Å². The minimum Gasteiger partial charge on any atom is -0.495 e. The molecule has 0 saturated heterocycles. The lowest BCUT2D eigenvalue weighted by molar-refractivity contribution is -0.137. The number of nitrogens with zero attached hydrogens (tertiary/aromatic N) is 3. The van der Waals surface area contributed by atoms with Crippen LogP contribution < -0.4 is 15.2 Å². The summed E-state index contributed by atoms with van der Waals surface area (Å²) in [5.74, 6) is -1.57. The van der Waals surface area contributed by atoms with Gasteiger partial charge in [0.05, 0.1) is 36.5 Å². The first-order chi connectivity index (χ1) is 20.9. The lowest BCUT2D eigenvalue weighted by Gasteiger charge is -2.27. The third-order valence-corrected chi connectivity index (χ3v) is 10.3. The molecule has 0 spiro atoms. The van der Waals surface area contributed by atoms with Gasteiger partial charge in [0, 0.05) is 11.4 Å². The summed E-state index contributed by atoms with van der Waals surface area (Å²) in [7, 11) is -2.74. The fourth-order valence-corrected chi connectivity index (χ4v) is 6.19. The second-order valence-corrected chi connectivity index (χ2v) is 14.9. The van der Waals surface area contributed by atoms with Crippen molar-refractivity contribution in [2.45, 2.75) is 69.5 Å². The number of ether oxygens (including phenoxy) is 1. The van der Waals surface area contributed by atoms with Gasteiger partial charge in [-0.2, -0.15) is 13.2 Å². The number of benzene rings is 1. The Hall–Kier alpha value is -3.63. The zero-order valence-corrected chi connectivity index (χ0v) is 26.6. The van der Waals surface area contributed by atoms with Crippen molar-refractivity contribution in [3.05, 3.63) is 74.7 Å². The van der Waals surface area contributed by atoms with Crippen LogP contribution in [0.1, 0.15) is 70.3 Å². The largest absolute Gasteiger partial charge is 0.495 e. The third kappa shape index (κ3) is 7.61. The second kappa shape index (κ2) is 12.6. The van der Waals surface area contributed by atoms with E-state index in [2.05, 4.69) is 9.97 Å². The van der Waals surface area contributed by atoms with Crippen molar-refractivity contribution in [3.63, 3.8) is 0 Å². The van der Waals surface area contributed by atoms with Gasteiger partial charge in [-0.05, 0) is 82.3 Å². The molecule has 1 aliphatic rings. The van der Waals surface area contributed by atoms with Crippen molar-refractivity contribution >= 4 is 33.2 Å². The van der Waals surface area contributed by atoms with Crippen molar-refractivity contribution in [3.8, 4) is 5.75 Å². The van der Waals surface area contributed by atoms with Crippen LogP contribution in [-0.4, -0.2) is 53.6 Å². The van der Waals surface area contributed by atoms with E-state index in [9.17, 15) is 35.6 Å². The fourth-order valence-electron chi connectivity index (χ4n) is 4.64. The summed E-state index contributed by atoms with van der Waals surface area (Å²) in [4.78, 5) is 35.7. The normalized spacial score (nSPS) is 14.6. The van der Waals surface area contributed by atoms with Gasteiger partial charge in [0.2, 0.25) is 5.91 Å². The molecule has 0 bridgehead atoms. The number of nitrogens with one attached hydrogen (secondary N) is 1. The number of thiazole rings is 1. The first kappa shape index (κ1) is 34.2. The van der Waals surface area contributed by atoms with Crippen LogP contribution in [0.25, 0.3) is 0 Å². The maximum absolute atomic E-state index is 14.4. The Morgan fingerprint density at radius 2 is 1.87 bits per heavy atom. The van der Waals surface area contributed by atoms with Gasteiger partial charge in [0.1, 0.15) is 27.1 Å². The molecule has 1 aromatic carbocycles. The topological polar surface area (TPSA) is 145 Å². The average molecular weight is 672 g/mol. The molecule has 0 radical (unpaired) electrons. The van der Waals surface area contributed by atoms with Gasteiger partial charge < -0.3 is 15.4 Å². The standard InChI is InChI=1S/C29H33F4N5O5S2/c1-17-24(25(39)37-45(41,42)27(2,3)34)36-23(44-17)16-38(13-5-6-18-14-19(29(31,32)33)7-9-21(18)30)26(40)28(11-12-28)22-10-8-20(43-4)15-35-22/h7-10,14-15H,5-6,11-13,16,34H2,1-4H3,(H,37,39). The van der Waals surface area contributed by atoms with Gasteiger partial charge in [-0.3, -0.25) is 14.6 Å². The molecule has 45 heavy (non-hydrogen) atoms. The number of pyridine rings is 1. The highest BCUT2D eigenvalue weighted by Gasteiger charge is 2.54. The zero-order chi connectivity index (χ0) is 33.4. The van der Waals surface area contributed by atoms with E-state index >= 15 is 0 Å². The first-order valence-electron chi connectivity index (χ1n) is 13.9. The highest BCUT2D eigenvalue weighted by Crippen LogP contribution is 2.49. The minimum atomic E-state index is -4.64. The number of hydrogen-bond acceptors (Lipinski definition) is 9. The number of methoxy groups -OCH3 is 1. The van der Waals surface area contributed by atoms with Crippen molar-refractivity contribution in [2.24, 2.45) is 5.73 Å². The molecule has 2 amide bonds. The molecule has 0 aliphatic heterocycles. The van der Waals surface area contributed by atoms with E-state index in [1.807, 2.05) is 4.72 Å². The van der Waals surface area contributed by atoms with Gasteiger partial charge in [0.25, 0.3) is 15.9 Å². The molecular formula is C29H33F4N5O5S2. The lowest BCUT2D eigenvalue weighted by Crippen LogP contribution is -2.50. The number of carbonyl (C=O) groups is 2. The molecule has 3 N–H and O–H groups in total. The number of aryl methyl sites for hydroxylation is 2. The smallest absolute Gasteiger partial charge is 0.416 e. The molecule has 0 unspecified atom stereocenters. The number of nitrogens with two attached hydrogens (primary N) is 1. The number of aromatic nitrogens is 2. The van der Waals surface area contributed by atoms with Crippen LogP contribution in [0.5, 0.6) is 5.75 Å². The summed E-state index contributed by atoms with van der Waals surface area (Å²) >= 11 is 1.08. The summed E-state index contributed by atoms with van der Waals surface area (Å²) in [6.07, 6.45) is -2.10. The number of amides is 2. The average Bonchev–Trinajstić information content (AvgIpc) is 3.68. The number of carbonyl (C=O) groups excluding carboxylic acids is 2. The Morgan fingerprint density at radius 3 is 2.42 bits per heavy atom. The Balaban J connectivity index is 1.59. The maximum Gasteiger partial charge on any atom is 0.416 e. The van der Waals surface area contributed by atoms with Crippen molar-refractivity contribution in [2.75, 3.05) is 13.7 Å². The molecule has 2 heterocycles. The number of sulfonamides is 1. The monoisotopic (exact) mass is 671 g/mol. The highest BCUT2D eigenvalue weighted by molar-refractivity contribution is 7.91. The van der Waals surface area contributed by atoms with Gasteiger partial charge in [-0.25, -0.2) is 22.5 Å². The number of hydrogen-bond donors (Lipinski definition) is 2. The van der Waals surface area contributed by atoms with Crippen molar-refractivity contribution in [1.29, 1.82) is 0 Å². The summed E-state index contributed by atoms with van der Waals surface area (Å²) in [6.45, 7) is 3.96. The summed E-state index contributed by atoms with van der Waals surface area (Å²) < 4.78 is 86.0. The SMILES string of the molecule is COc1ccc(C2(C(=O)N(CCCc3cc(C(F)(F)F)ccc3F)Cc3nc(C(=O)NS(=O)(=O)C(C)(C)N)c(C)s3)CC2)nc1. The van der Waals surface area contributed by atoms with E-state index in [0.29, 0.717) is 40.2 Å². The lowest BCUT2D eigenvalue weighted by atomic mass is 9.99. The molecule has 16 heteroatoms. The summed E-state index contributed by atoms with van der Waals surface area (Å²) in [5.41, 5.74) is 3.98. The predicted molar refractivity (Wildman–Crippen MR) is 158 cm³/mol. The Kier molecular flexibility index (Phi) is 9.62. The fraction of sp³-hybridized carbons (Fsp3) is 0.448. The maximum atomic E-state index is 14.4. The summed E-state index contributed by atoms with van der Waals surface area (Å²) in [6, 6.07) is 5.58. The van der Waals surface area contributed by atoms with Crippen LogP contribution in [0.4, 0.5) is 17.6 Å². The van der Waals surface area contributed by atoms with Crippen LogP contribution in [0.15, 0.2) is 36.5 Å². The van der Waals surface area contributed by atoms with Crippen LogP contribution in [0, 0.1) is 12.7 Å². The highest BCUT2D eigenvalue weighted by atomic mass is 32.2. The second-order valence-electron chi connectivity index (χ2n) is 11.4.